The van der Waals surface area contributed by atoms with Crippen LogP contribution in [0.3, 0.4) is 0 Å². The van der Waals surface area contributed by atoms with Crippen LogP contribution in [0.4, 0.5) is 0 Å². The van der Waals surface area contributed by atoms with E-state index in [1.807, 2.05) is 0 Å². The fourth-order valence-electron chi connectivity index (χ4n) is 1.92. The second-order valence-corrected chi connectivity index (χ2v) is 5.09. The highest BCUT2D eigenvalue weighted by molar-refractivity contribution is 4.87. The normalized spacial score (nSPS) is 13.2. The van der Waals surface area contributed by atoms with Gasteiger partial charge in [0.1, 0.15) is 6.61 Å². The molecule has 5 heteroatoms. The molecule has 0 radical (unpaired) electrons. The second kappa shape index (κ2) is 8.21. The molecule has 0 unspecified atom stereocenters. The van der Waals surface area contributed by atoms with Gasteiger partial charge in [0.05, 0.1) is 0 Å². The van der Waals surface area contributed by atoms with Crippen LogP contribution in [0, 0.1) is 11.8 Å². The molecule has 0 saturated heterocycles. The zero-order chi connectivity index (χ0) is 13.4. The lowest BCUT2D eigenvalue weighted by Crippen LogP contribution is -2.19. The predicted octanol–water partition coefficient (Wildman–Crippen LogP) is 2.16. The average molecular weight is 255 g/mol. The molecule has 5 nitrogen and oxygen atoms in total. The molecule has 0 aromatic carbocycles. The molecule has 0 amide bonds. The summed E-state index contributed by atoms with van der Waals surface area (Å²) in [5.41, 5.74) is 5.76. The third kappa shape index (κ3) is 5.60. The highest BCUT2D eigenvalue weighted by atomic mass is 16.5. The number of hydrogen-bond donors (Lipinski definition) is 1. The van der Waals surface area contributed by atoms with E-state index in [1.165, 1.54) is 0 Å². The van der Waals surface area contributed by atoms with E-state index in [9.17, 15) is 0 Å². The lowest BCUT2D eigenvalue weighted by atomic mass is 9.94. The molecule has 0 saturated carbocycles. The summed E-state index contributed by atoms with van der Waals surface area (Å²) in [5, 5.41) is 3.90. The Morgan fingerprint density at radius 2 is 2.17 bits per heavy atom. The maximum atomic E-state index is 5.76. The quantitative estimate of drug-likeness (QED) is 0.684. The van der Waals surface area contributed by atoms with Crippen molar-refractivity contribution in [1.29, 1.82) is 0 Å². The van der Waals surface area contributed by atoms with Gasteiger partial charge in [0.2, 0.25) is 5.89 Å². The monoisotopic (exact) mass is 255 g/mol. The molecule has 0 aliphatic carbocycles. The van der Waals surface area contributed by atoms with Gasteiger partial charge in [-0.2, -0.15) is 4.98 Å². The van der Waals surface area contributed by atoms with Crippen LogP contribution < -0.4 is 5.73 Å². The molecule has 0 aliphatic heterocycles. The molecule has 1 heterocycles. The third-order valence-corrected chi connectivity index (χ3v) is 2.69. The molecule has 1 rings (SSSR count). The van der Waals surface area contributed by atoms with Crippen molar-refractivity contribution in [3.8, 4) is 0 Å². The van der Waals surface area contributed by atoms with Gasteiger partial charge in [-0.1, -0.05) is 25.9 Å². The van der Waals surface area contributed by atoms with Crippen molar-refractivity contribution in [3.63, 3.8) is 0 Å². The Morgan fingerprint density at radius 1 is 1.39 bits per heavy atom. The van der Waals surface area contributed by atoms with Crippen molar-refractivity contribution in [2.24, 2.45) is 17.6 Å². The van der Waals surface area contributed by atoms with E-state index >= 15 is 0 Å². The SMILES string of the molecule is CCCOCc1noc(C[C@@H](CN)CC(C)C)n1. The lowest BCUT2D eigenvalue weighted by Gasteiger charge is -2.14. The number of nitrogens with two attached hydrogens (primary N) is 1. The Labute approximate surface area is 109 Å². The number of rotatable bonds is 9. The first-order valence-electron chi connectivity index (χ1n) is 6.75. The van der Waals surface area contributed by atoms with Crippen molar-refractivity contribution < 1.29 is 9.26 Å². The number of aromatic nitrogens is 2. The fourth-order valence-corrected chi connectivity index (χ4v) is 1.92. The fraction of sp³-hybridized carbons (Fsp3) is 0.846. The first-order chi connectivity index (χ1) is 8.65. The molecule has 104 valence electrons. The third-order valence-electron chi connectivity index (χ3n) is 2.69. The van der Waals surface area contributed by atoms with E-state index in [0.717, 1.165) is 25.9 Å². The van der Waals surface area contributed by atoms with Crippen LogP contribution in [0.5, 0.6) is 0 Å². The molecule has 0 fully saturated rings. The molecule has 0 aliphatic rings. The molecule has 1 aromatic rings. The molecule has 0 bridgehead atoms. The Hall–Kier alpha value is -0.940. The van der Waals surface area contributed by atoms with Gasteiger partial charge in [-0.25, -0.2) is 0 Å². The van der Waals surface area contributed by atoms with Gasteiger partial charge in [0.25, 0.3) is 0 Å². The van der Waals surface area contributed by atoms with Crippen molar-refractivity contribution in [2.45, 2.75) is 46.6 Å². The van der Waals surface area contributed by atoms with E-state index < -0.39 is 0 Å². The summed E-state index contributed by atoms with van der Waals surface area (Å²) in [6.45, 7) is 8.26. The number of ether oxygens (including phenoxy) is 1. The second-order valence-electron chi connectivity index (χ2n) is 5.09. The standard InChI is InChI=1S/C13H25N3O2/c1-4-5-17-9-12-15-13(18-16-12)7-11(8-14)6-10(2)3/h10-11H,4-9,14H2,1-3H3/t11-/m0/s1. The average Bonchev–Trinajstić information content (AvgIpc) is 2.76. The largest absolute Gasteiger partial charge is 0.373 e. The Bertz CT molecular complexity index is 326. The van der Waals surface area contributed by atoms with Gasteiger partial charge >= 0.3 is 0 Å². The summed E-state index contributed by atoms with van der Waals surface area (Å²) in [4.78, 5) is 4.32. The predicted molar refractivity (Wildman–Crippen MR) is 69.9 cm³/mol. The smallest absolute Gasteiger partial charge is 0.227 e. The molecular formula is C13H25N3O2. The van der Waals surface area contributed by atoms with Crippen LogP contribution >= 0.6 is 0 Å². The zero-order valence-electron chi connectivity index (χ0n) is 11.7. The van der Waals surface area contributed by atoms with Crippen LogP contribution in [-0.4, -0.2) is 23.3 Å². The van der Waals surface area contributed by atoms with Crippen molar-refractivity contribution in [1.82, 2.24) is 10.1 Å². The minimum atomic E-state index is 0.412. The van der Waals surface area contributed by atoms with Crippen LogP contribution in [0.15, 0.2) is 4.52 Å². The molecule has 1 aromatic heterocycles. The molecule has 2 N–H and O–H groups in total. The van der Waals surface area contributed by atoms with Gasteiger partial charge in [-0.15, -0.1) is 0 Å². The van der Waals surface area contributed by atoms with Crippen molar-refractivity contribution in [2.75, 3.05) is 13.2 Å². The summed E-state index contributed by atoms with van der Waals surface area (Å²) >= 11 is 0. The highest BCUT2D eigenvalue weighted by Crippen LogP contribution is 2.15. The van der Waals surface area contributed by atoms with E-state index in [-0.39, 0.29) is 0 Å². The van der Waals surface area contributed by atoms with E-state index in [4.69, 9.17) is 15.0 Å². The Kier molecular flexibility index (Phi) is 6.90. The summed E-state index contributed by atoms with van der Waals surface area (Å²) in [6, 6.07) is 0. The first kappa shape index (κ1) is 15.1. The summed E-state index contributed by atoms with van der Waals surface area (Å²) < 4.78 is 10.6. The van der Waals surface area contributed by atoms with Crippen LogP contribution in [-0.2, 0) is 17.8 Å². The molecule has 0 spiro atoms. The Morgan fingerprint density at radius 3 is 2.78 bits per heavy atom. The number of nitrogens with zero attached hydrogens (tertiary/aromatic N) is 2. The summed E-state index contributed by atoms with van der Waals surface area (Å²) in [6.07, 6.45) is 2.84. The minimum absolute atomic E-state index is 0.412. The molecule has 1 atom stereocenters. The first-order valence-corrected chi connectivity index (χ1v) is 6.75. The van der Waals surface area contributed by atoms with Gasteiger partial charge in [0, 0.05) is 13.0 Å². The van der Waals surface area contributed by atoms with E-state index in [2.05, 4.69) is 30.9 Å². The molecular weight excluding hydrogens is 230 g/mol. The maximum Gasteiger partial charge on any atom is 0.227 e. The summed E-state index contributed by atoms with van der Waals surface area (Å²) in [7, 11) is 0. The molecule has 18 heavy (non-hydrogen) atoms. The van der Waals surface area contributed by atoms with E-state index in [1.54, 1.807) is 0 Å². The Balaban J connectivity index is 2.41. The van der Waals surface area contributed by atoms with Crippen molar-refractivity contribution >= 4 is 0 Å². The van der Waals surface area contributed by atoms with Gasteiger partial charge in [0.15, 0.2) is 5.82 Å². The highest BCUT2D eigenvalue weighted by Gasteiger charge is 2.14. The lowest BCUT2D eigenvalue weighted by molar-refractivity contribution is 0.114. The van der Waals surface area contributed by atoms with Crippen LogP contribution in [0.25, 0.3) is 0 Å². The zero-order valence-corrected chi connectivity index (χ0v) is 11.7. The van der Waals surface area contributed by atoms with E-state index in [0.29, 0.717) is 36.7 Å². The number of hydrogen-bond acceptors (Lipinski definition) is 5. The van der Waals surface area contributed by atoms with Gasteiger partial charge in [-0.05, 0) is 31.2 Å². The van der Waals surface area contributed by atoms with Gasteiger partial charge in [-0.3, -0.25) is 0 Å². The minimum Gasteiger partial charge on any atom is -0.373 e. The topological polar surface area (TPSA) is 74.2 Å². The summed E-state index contributed by atoms with van der Waals surface area (Å²) in [5.74, 6) is 2.34. The van der Waals surface area contributed by atoms with Crippen LogP contribution in [0.2, 0.25) is 0 Å². The van der Waals surface area contributed by atoms with Crippen LogP contribution in [0.1, 0.15) is 45.3 Å². The maximum absolute atomic E-state index is 5.76. The van der Waals surface area contributed by atoms with Gasteiger partial charge < -0.3 is 15.0 Å². The van der Waals surface area contributed by atoms with Crippen molar-refractivity contribution in [3.05, 3.63) is 11.7 Å².